The predicted octanol–water partition coefficient (Wildman–Crippen LogP) is 3.25. The summed E-state index contributed by atoms with van der Waals surface area (Å²) >= 11 is 0. The Morgan fingerprint density at radius 2 is 2.00 bits per heavy atom. The van der Waals surface area contributed by atoms with Gasteiger partial charge in [-0.1, -0.05) is 36.6 Å². The van der Waals surface area contributed by atoms with Gasteiger partial charge in [0, 0.05) is 18.0 Å². The minimum atomic E-state index is 0.666. The van der Waals surface area contributed by atoms with Crippen molar-refractivity contribution in [1.82, 2.24) is 10.5 Å². The molecule has 1 heterocycles. The van der Waals surface area contributed by atoms with Crippen molar-refractivity contribution in [2.75, 3.05) is 0 Å². The van der Waals surface area contributed by atoms with E-state index in [-0.39, 0.29) is 0 Å². The Morgan fingerprint density at radius 3 is 2.88 bits per heavy atom. The van der Waals surface area contributed by atoms with E-state index in [2.05, 4.69) is 16.5 Å². The topological polar surface area (TPSA) is 38.1 Å². The van der Waals surface area contributed by atoms with Crippen molar-refractivity contribution in [2.45, 2.75) is 44.7 Å². The van der Waals surface area contributed by atoms with E-state index in [0.717, 1.165) is 23.2 Å². The molecule has 0 atom stereocenters. The molecule has 0 aliphatic heterocycles. The molecule has 3 rings (SSSR count). The summed E-state index contributed by atoms with van der Waals surface area (Å²) in [5.74, 6) is 0. The maximum Gasteiger partial charge on any atom is 0.167 e. The highest BCUT2D eigenvalue weighted by Crippen LogP contribution is 2.20. The Balaban J connectivity index is 1.68. The first-order valence-corrected chi connectivity index (χ1v) is 6.50. The minimum absolute atomic E-state index is 0.666. The molecule has 1 fully saturated rings. The van der Waals surface area contributed by atoms with Crippen LogP contribution in [0.1, 0.15) is 37.8 Å². The summed E-state index contributed by atoms with van der Waals surface area (Å²) in [5.41, 5.74) is 1.92. The zero-order valence-electron chi connectivity index (χ0n) is 9.98. The third kappa shape index (κ3) is 2.34. The number of hydrogen-bond acceptors (Lipinski definition) is 3. The molecule has 1 aromatic carbocycles. The monoisotopic (exact) mass is 230 g/mol. The lowest BCUT2D eigenvalue weighted by atomic mass is 9.95. The minimum Gasteiger partial charge on any atom is -0.356 e. The first-order valence-electron chi connectivity index (χ1n) is 6.50. The van der Waals surface area contributed by atoms with Gasteiger partial charge in [0.25, 0.3) is 0 Å². The quantitative estimate of drug-likeness (QED) is 0.879. The standard InChI is InChI=1S/C14H18N2O/c1-2-6-11(7-3-1)15-10-13-12-8-4-5-9-14(12)17-16-13/h4-5,8-9,11,15H,1-3,6-7,10H2. The average molecular weight is 230 g/mol. The Kier molecular flexibility index (Phi) is 3.10. The van der Waals surface area contributed by atoms with Crippen LogP contribution in [0.25, 0.3) is 11.0 Å². The summed E-state index contributed by atoms with van der Waals surface area (Å²) in [6, 6.07) is 8.71. The number of hydrogen-bond donors (Lipinski definition) is 1. The van der Waals surface area contributed by atoms with Crippen molar-refractivity contribution in [1.29, 1.82) is 0 Å². The SMILES string of the molecule is c1ccc2c(CNC3CCCCC3)noc2c1. The summed E-state index contributed by atoms with van der Waals surface area (Å²) in [5, 5.41) is 8.87. The number of nitrogens with zero attached hydrogens (tertiary/aromatic N) is 1. The van der Waals surface area contributed by atoms with Gasteiger partial charge >= 0.3 is 0 Å². The normalized spacial score (nSPS) is 17.6. The fraction of sp³-hybridized carbons (Fsp3) is 0.500. The average Bonchev–Trinajstić information content (AvgIpc) is 2.81. The number of fused-ring (bicyclic) bond motifs is 1. The van der Waals surface area contributed by atoms with Gasteiger partial charge in [-0.15, -0.1) is 0 Å². The van der Waals surface area contributed by atoms with Crippen LogP contribution in [0.3, 0.4) is 0 Å². The first-order chi connectivity index (χ1) is 8.43. The van der Waals surface area contributed by atoms with E-state index in [1.807, 2.05) is 18.2 Å². The number of aromatic nitrogens is 1. The second kappa shape index (κ2) is 4.88. The number of benzene rings is 1. The summed E-state index contributed by atoms with van der Waals surface area (Å²) in [4.78, 5) is 0. The second-order valence-corrected chi connectivity index (χ2v) is 4.84. The van der Waals surface area contributed by atoms with Crippen LogP contribution in [0.4, 0.5) is 0 Å². The molecule has 2 aromatic rings. The van der Waals surface area contributed by atoms with Gasteiger partial charge in [0.1, 0.15) is 5.69 Å². The van der Waals surface area contributed by atoms with Crippen molar-refractivity contribution in [2.24, 2.45) is 0 Å². The molecule has 0 bridgehead atoms. The number of para-hydroxylation sites is 1. The molecule has 0 radical (unpaired) electrons. The second-order valence-electron chi connectivity index (χ2n) is 4.84. The third-order valence-corrected chi connectivity index (χ3v) is 3.62. The molecule has 1 aliphatic carbocycles. The van der Waals surface area contributed by atoms with Crippen LogP contribution >= 0.6 is 0 Å². The summed E-state index contributed by atoms with van der Waals surface area (Å²) in [6.07, 6.45) is 6.71. The van der Waals surface area contributed by atoms with E-state index in [1.54, 1.807) is 0 Å². The summed E-state index contributed by atoms with van der Waals surface area (Å²) in [7, 11) is 0. The highest BCUT2D eigenvalue weighted by atomic mass is 16.5. The van der Waals surface area contributed by atoms with Gasteiger partial charge in [0.15, 0.2) is 5.58 Å². The van der Waals surface area contributed by atoms with Crippen LogP contribution < -0.4 is 5.32 Å². The maximum atomic E-state index is 5.30. The Labute approximate surface area is 101 Å². The van der Waals surface area contributed by atoms with E-state index in [4.69, 9.17) is 4.52 Å². The van der Waals surface area contributed by atoms with Crippen LogP contribution in [0.2, 0.25) is 0 Å². The molecule has 1 aromatic heterocycles. The molecule has 3 nitrogen and oxygen atoms in total. The van der Waals surface area contributed by atoms with Gasteiger partial charge in [-0.05, 0) is 25.0 Å². The van der Waals surface area contributed by atoms with Crippen molar-refractivity contribution < 1.29 is 4.52 Å². The molecule has 0 spiro atoms. The number of rotatable bonds is 3. The molecule has 0 amide bonds. The fourth-order valence-corrected chi connectivity index (χ4v) is 2.61. The van der Waals surface area contributed by atoms with Crippen molar-refractivity contribution >= 4 is 11.0 Å². The first kappa shape index (κ1) is 10.8. The van der Waals surface area contributed by atoms with E-state index >= 15 is 0 Å². The van der Waals surface area contributed by atoms with Crippen LogP contribution in [0.5, 0.6) is 0 Å². The molecular formula is C14H18N2O. The highest BCUT2D eigenvalue weighted by Gasteiger charge is 2.14. The van der Waals surface area contributed by atoms with Crippen LogP contribution in [0, 0.1) is 0 Å². The summed E-state index contributed by atoms with van der Waals surface area (Å²) in [6.45, 7) is 0.821. The van der Waals surface area contributed by atoms with Crippen molar-refractivity contribution in [3.63, 3.8) is 0 Å². The van der Waals surface area contributed by atoms with Gasteiger partial charge in [-0.2, -0.15) is 0 Å². The van der Waals surface area contributed by atoms with Gasteiger partial charge in [0.05, 0.1) is 0 Å². The van der Waals surface area contributed by atoms with Gasteiger partial charge < -0.3 is 9.84 Å². The molecule has 3 heteroatoms. The largest absolute Gasteiger partial charge is 0.356 e. The Hall–Kier alpha value is -1.35. The maximum absolute atomic E-state index is 5.30. The molecule has 0 unspecified atom stereocenters. The summed E-state index contributed by atoms with van der Waals surface area (Å²) < 4.78 is 5.30. The molecular weight excluding hydrogens is 212 g/mol. The molecule has 0 saturated heterocycles. The lowest BCUT2D eigenvalue weighted by molar-refractivity contribution is 0.365. The van der Waals surface area contributed by atoms with Crippen LogP contribution in [-0.4, -0.2) is 11.2 Å². The predicted molar refractivity (Wildman–Crippen MR) is 67.7 cm³/mol. The molecule has 17 heavy (non-hydrogen) atoms. The van der Waals surface area contributed by atoms with Crippen molar-refractivity contribution in [3.05, 3.63) is 30.0 Å². The van der Waals surface area contributed by atoms with E-state index in [1.165, 1.54) is 32.1 Å². The number of nitrogens with one attached hydrogen (secondary N) is 1. The van der Waals surface area contributed by atoms with Crippen LogP contribution in [-0.2, 0) is 6.54 Å². The molecule has 90 valence electrons. The lowest BCUT2D eigenvalue weighted by Crippen LogP contribution is -2.30. The van der Waals surface area contributed by atoms with E-state index in [9.17, 15) is 0 Å². The van der Waals surface area contributed by atoms with E-state index < -0.39 is 0 Å². The zero-order valence-corrected chi connectivity index (χ0v) is 9.98. The zero-order chi connectivity index (χ0) is 11.5. The van der Waals surface area contributed by atoms with Crippen LogP contribution in [0.15, 0.2) is 28.8 Å². The third-order valence-electron chi connectivity index (χ3n) is 3.62. The lowest BCUT2D eigenvalue weighted by Gasteiger charge is -2.22. The fourth-order valence-electron chi connectivity index (χ4n) is 2.61. The van der Waals surface area contributed by atoms with Crippen molar-refractivity contribution in [3.8, 4) is 0 Å². The van der Waals surface area contributed by atoms with Gasteiger partial charge in [-0.25, -0.2) is 0 Å². The highest BCUT2D eigenvalue weighted by molar-refractivity contribution is 5.79. The smallest absolute Gasteiger partial charge is 0.167 e. The van der Waals surface area contributed by atoms with E-state index in [0.29, 0.717) is 6.04 Å². The molecule has 1 N–H and O–H groups in total. The molecule has 1 saturated carbocycles. The molecule has 1 aliphatic rings. The Morgan fingerprint density at radius 1 is 1.18 bits per heavy atom. The van der Waals surface area contributed by atoms with Gasteiger partial charge in [0.2, 0.25) is 0 Å². The van der Waals surface area contributed by atoms with Gasteiger partial charge in [-0.3, -0.25) is 0 Å². The Bertz CT molecular complexity index is 486.